The molecule has 0 aromatic heterocycles. The second kappa shape index (κ2) is 5.15. The van der Waals surface area contributed by atoms with Crippen LogP contribution in [0.2, 0.25) is 0 Å². The topological polar surface area (TPSA) is 29.1 Å². The predicted molar refractivity (Wildman–Crippen MR) is 62.5 cm³/mol. The number of Topliss-reactive ketones (excluding diaryl/α,β-unsaturated/α-hetero) is 1. The molecule has 14 heavy (non-hydrogen) atoms. The highest BCUT2D eigenvalue weighted by Crippen LogP contribution is 2.15. The number of carbonyl (C=O) groups excluding carboxylic acids is 1. The molecule has 1 rings (SSSR count). The number of carbonyl (C=O) groups is 1. The number of rotatable bonds is 4. The van der Waals surface area contributed by atoms with Gasteiger partial charge in [0.25, 0.3) is 0 Å². The minimum absolute atomic E-state index is 0.110. The Balaban J connectivity index is 2.60. The highest BCUT2D eigenvalue weighted by Gasteiger charge is 2.09. The molecule has 0 aliphatic carbocycles. The summed E-state index contributed by atoms with van der Waals surface area (Å²) in [5, 5.41) is 3.15. The smallest absolute Gasteiger partial charge is 0.154 e. The first-order valence-electron chi connectivity index (χ1n) is 4.68. The molecule has 0 heterocycles. The van der Waals surface area contributed by atoms with Crippen molar-refractivity contribution in [1.29, 1.82) is 0 Å². The molecule has 0 bridgehead atoms. The van der Waals surface area contributed by atoms with Gasteiger partial charge in [-0.25, -0.2) is 0 Å². The molecule has 2 nitrogen and oxygen atoms in total. The van der Waals surface area contributed by atoms with Crippen LogP contribution in [0.15, 0.2) is 28.7 Å². The Morgan fingerprint density at radius 2 is 2.00 bits per heavy atom. The fraction of sp³-hybridized carbons (Fsp3) is 0.364. The van der Waals surface area contributed by atoms with E-state index in [4.69, 9.17) is 0 Å². The maximum Gasteiger partial charge on any atom is 0.154 e. The van der Waals surface area contributed by atoms with Crippen molar-refractivity contribution in [2.45, 2.75) is 26.3 Å². The first-order valence-corrected chi connectivity index (χ1v) is 5.47. The second-order valence-electron chi connectivity index (χ2n) is 3.19. The molecule has 0 aliphatic heterocycles. The molecule has 0 aliphatic rings. The molecule has 0 saturated heterocycles. The summed E-state index contributed by atoms with van der Waals surface area (Å²) in [6.45, 7) is 3.76. The maximum atomic E-state index is 11.3. The van der Waals surface area contributed by atoms with E-state index in [-0.39, 0.29) is 11.8 Å². The van der Waals surface area contributed by atoms with E-state index in [2.05, 4.69) is 21.2 Å². The molecule has 0 amide bonds. The lowest BCUT2D eigenvalue weighted by atomic mass is 10.1. The molecule has 76 valence electrons. The molecule has 1 aromatic rings. The zero-order valence-electron chi connectivity index (χ0n) is 8.38. The molecule has 0 fully saturated rings. The lowest BCUT2D eigenvalue weighted by molar-refractivity contribution is -0.119. The number of ketones is 1. The van der Waals surface area contributed by atoms with Crippen molar-refractivity contribution in [2.75, 3.05) is 5.32 Å². The quantitative estimate of drug-likeness (QED) is 0.896. The van der Waals surface area contributed by atoms with E-state index in [0.29, 0.717) is 6.42 Å². The van der Waals surface area contributed by atoms with Gasteiger partial charge in [-0.2, -0.15) is 0 Å². The van der Waals surface area contributed by atoms with Crippen molar-refractivity contribution in [1.82, 2.24) is 0 Å². The number of benzene rings is 1. The monoisotopic (exact) mass is 255 g/mol. The van der Waals surface area contributed by atoms with Crippen LogP contribution < -0.4 is 5.32 Å². The van der Waals surface area contributed by atoms with E-state index in [1.54, 1.807) is 0 Å². The molecule has 0 radical (unpaired) electrons. The average molecular weight is 256 g/mol. The largest absolute Gasteiger partial charge is 0.376 e. The van der Waals surface area contributed by atoms with Gasteiger partial charge in [0.05, 0.1) is 6.04 Å². The highest BCUT2D eigenvalue weighted by atomic mass is 79.9. The third kappa shape index (κ3) is 3.14. The van der Waals surface area contributed by atoms with Crippen molar-refractivity contribution in [3.05, 3.63) is 28.7 Å². The van der Waals surface area contributed by atoms with Crippen molar-refractivity contribution < 1.29 is 4.79 Å². The fourth-order valence-electron chi connectivity index (χ4n) is 1.18. The van der Waals surface area contributed by atoms with Crippen LogP contribution in [0, 0.1) is 0 Å². The van der Waals surface area contributed by atoms with Gasteiger partial charge < -0.3 is 5.32 Å². The van der Waals surface area contributed by atoms with Crippen molar-refractivity contribution in [3.8, 4) is 0 Å². The van der Waals surface area contributed by atoms with Gasteiger partial charge >= 0.3 is 0 Å². The van der Waals surface area contributed by atoms with Gasteiger partial charge in [0, 0.05) is 16.6 Å². The van der Waals surface area contributed by atoms with Crippen molar-refractivity contribution >= 4 is 27.4 Å². The van der Waals surface area contributed by atoms with Crippen LogP contribution >= 0.6 is 15.9 Å². The van der Waals surface area contributed by atoms with Crippen molar-refractivity contribution in [3.63, 3.8) is 0 Å². The summed E-state index contributed by atoms with van der Waals surface area (Å²) < 4.78 is 1.04. The van der Waals surface area contributed by atoms with Crippen LogP contribution in [0.5, 0.6) is 0 Å². The van der Waals surface area contributed by atoms with E-state index >= 15 is 0 Å². The van der Waals surface area contributed by atoms with E-state index in [1.807, 2.05) is 38.1 Å². The Hall–Kier alpha value is -0.830. The van der Waals surface area contributed by atoms with Gasteiger partial charge in [0.1, 0.15) is 0 Å². The number of hydrogen-bond donors (Lipinski definition) is 1. The molecule has 0 saturated carbocycles. The molecular formula is C11H14BrNO. The number of hydrogen-bond acceptors (Lipinski definition) is 2. The van der Waals surface area contributed by atoms with E-state index in [1.165, 1.54) is 0 Å². The minimum Gasteiger partial charge on any atom is -0.376 e. The Kier molecular flexibility index (Phi) is 4.14. The summed E-state index contributed by atoms with van der Waals surface area (Å²) in [5.74, 6) is 0.230. The Bertz CT molecular complexity index is 308. The minimum atomic E-state index is -0.110. The molecule has 1 unspecified atom stereocenters. The molecule has 3 heteroatoms. The van der Waals surface area contributed by atoms with Gasteiger partial charge in [0.15, 0.2) is 5.78 Å². The normalized spacial score (nSPS) is 12.2. The maximum absolute atomic E-state index is 11.3. The van der Waals surface area contributed by atoms with Crippen molar-refractivity contribution in [2.24, 2.45) is 0 Å². The summed E-state index contributed by atoms with van der Waals surface area (Å²) in [6, 6.07) is 7.69. The average Bonchev–Trinajstić information content (AvgIpc) is 2.20. The lowest BCUT2D eigenvalue weighted by Crippen LogP contribution is -2.25. The Morgan fingerprint density at radius 1 is 1.43 bits per heavy atom. The van der Waals surface area contributed by atoms with E-state index < -0.39 is 0 Å². The van der Waals surface area contributed by atoms with Crippen LogP contribution in [0.1, 0.15) is 20.3 Å². The first kappa shape index (κ1) is 11.2. The van der Waals surface area contributed by atoms with Crippen LogP contribution in [-0.2, 0) is 4.79 Å². The van der Waals surface area contributed by atoms with Gasteiger partial charge in [-0.15, -0.1) is 0 Å². The molecule has 1 N–H and O–H groups in total. The van der Waals surface area contributed by atoms with Crippen LogP contribution in [0.4, 0.5) is 5.69 Å². The molecular weight excluding hydrogens is 242 g/mol. The summed E-state index contributed by atoms with van der Waals surface area (Å²) in [6.07, 6.45) is 0.574. The lowest BCUT2D eigenvalue weighted by Gasteiger charge is -2.12. The zero-order chi connectivity index (χ0) is 10.6. The standard InChI is InChI=1S/C11H14BrNO/c1-3-11(14)8(2)13-10-6-4-9(12)5-7-10/h4-8,13H,3H2,1-2H3. The van der Waals surface area contributed by atoms with Gasteiger partial charge in [0.2, 0.25) is 0 Å². The van der Waals surface area contributed by atoms with Gasteiger partial charge in [-0.05, 0) is 31.2 Å². The second-order valence-corrected chi connectivity index (χ2v) is 4.11. The predicted octanol–water partition coefficient (Wildman–Crippen LogP) is 3.23. The highest BCUT2D eigenvalue weighted by molar-refractivity contribution is 9.10. The number of nitrogens with one attached hydrogen (secondary N) is 1. The number of anilines is 1. The third-order valence-electron chi connectivity index (χ3n) is 2.06. The number of halogens is 1. The third-order valence-corrected chi connectivity index (χ3v) is 2.59. The van der Waals surface area contributed by atoms with Crippen LogP contribution in [-0.4, -0.2) is 11.8 Å². The van der Waals surface area contributed by atoms with Gasteiger partial charge in [-0.3, -0.25) is 4.79 Å². The van der Waals surface area contributed by atoms with Gasteiger partial charge in [-0.1, -0.05) is 22.9 Å². The Morgan fingerprint density at radius 3 is 2.50 bits per heavy atom. The summed E-state index contributed by atoms with van der Waals surface area (Å²) in [4.78, 5) is 11.3. The molecule has 0 spiro atoms. The zero-order valence-corrected chi connectivity index (χ0v) is 9.97. The van der Waals surface area contributed by atoms with Crippen LogP contribution in [0.25, 0.3) is 0 Å². The molecule has 1 atom stereocenters. The first-order chi connectivity index (χ1) is 6.63. The summed E-state index contributed by atoms with van der Waals surface area (Å²) in [7, 11) is 0. The summed E-state index contributed by atoms with van der Waals surface area (Å²) >= 11 is 3.36. The molecule has 1 aromatic carbocycles. The van der Waals surface area contributed by atoms with Crippen LogP contribution in [0.3, 0.4) is 0 Å². The SMILES string of the molecule is CCC(=O)C(C)Nc1ccc(Br)cc1. The fourth-order valence-corrected chi connectivity index (χ4v) is 1.45. The van der Waals surface area contributed by atoms with E-state index in [0.717, 1.165) is 10.2 Å². The van der Waals surface area contributed by atoms with E-state index in [9.17, 15) is 4.79 Å². The summed E-state index contributed by atoms with van der Waals surface area (Å²) in [5.41, 5.74) is 0.975. The Labute approximate surface area is 92.8 Å².